The molecular formula is C17H19F2NO. The zero-order valence-corrected chi connectivity index (χ0v) is 12.0. The summed E-state index contributed by atoms with van der Waals surface area (Å²) in [5.74, 6) is -0.692. The third-order valence-electron chi connectivity index (χ3n) is 3.36. The van der Waals surface area contributed by atoms with Gasteiger partial charge in [0, 0.05) is 11.6 Å². The van der Waals surface area contributed by atoms with Crippen molar-refractivity contribution in [1.29, 1.82) is 0 Å². The SMILES string of the molecule is CCC(N)Cc1ccc(OCc2ccccc2F)c(F)c1. The van der Waals surface area contributed by atoms with E-state index >= 15 is 0 Å². The first-order valence-electron chi connectivity index (χ1n) is 7.00. The molecule has 0 radical (unpaired) electrons. The quantitative estimate of drug-likeness (QED) is 0.878. The molecule has 0 saturated carbocycles. The molecule has 0 spiro atoms. The molecule has 112 valence electrons. The van der Waals surface area contributed by atoms with E-state index in [9.17, 15) is 8.78 Å². The van der Waals surface area contributed by atoms with Gasteiger partial charge in [-0.15, -0.1) is 0 Å². The summed E-state index contributed by atoms with van der Waals surface area (Å²) in [5.41, 5.74) is 7.08. The van der Waals surface area contributed by atoms with Crippen LogP contribution in [0.3, 0.4) is 0 Å². The molecule has 0 aliphatic rings. The first-order chi connectivity index (χ1) is 10.1. The van der Waals surface area contributed by atoms with Crippen LogP contribution in [-0.4, -0.2) is 6.04 Å². The summed E-state index contributed by atoms with van der Waals surface area (Å²) in [7, 11) is 0. The summed E-state index contributed by atoms with van der Waals surface area (Å²) >= 11 is 0. The van der Waals surface area contributed by atoms with Gasteiger partial charge in [0.2, 0.25) is 0 Å². The largest absolute Gasteiger partial charge is 0.486 e. The minimum Gasteiger partial charge on any atom is -0.486 e. The van der Waals surface area contributed by atoms with Crippen LogP contribution in [0.1, 0.15) is 24.5 Å². The molecule has 0 fully saturated rings. The molecule has 21 heavy (non-hydrogen) atoms. The van der Waals surface area contributed by atoms with Crippen LogP contribution in [0.15, 0.2) is 42.5 Å². The van der Waals surface area contributed by atoms with Crippen LogP contribution >= 0.6 is 0 Å². The highest BCUT2D eigenvalue weighted by Gasteiger charge is 2.09. The Morgan fingerprint density at radius 3 is 2.52 bits per heavy atom. The predicted octanol–water partition coefficient (Wildman–Crippen LogP) is 3.82. The van der Waals surface area contributed by atoms with Crippen molar-refractivity contribution in [3.8, 4) is 5.75 Å². The highest BCUT2D eigenvalue weighted by Crippen LogP contribution is 2.21. The van der Waals surface area contributed by atoms with Crippen LogP contribution in [0.4, 0.5) is 8.78 Å². The van der Waals surface area contributed by atoms with E-state index in [1.165, 1.54) is 12.1 Å². The van der Waals surface area contributed by atoms with Gasteiger partial charge in [-0.2, -0.15) is 0 Å². The number of hydrogen-bond acceptors (Lipinski definition) is 2. The van der Waals surface area contributed by atoms with Gasteiger partial charge in [-0.25, -0.2) is 8.78 Å². The Hall–Kier alpha value is -1.94. The smallest absolute Gasteiger partial charge is 0.165 e. The van der Waals surface area contributed by atoms with Crippen molar-refractivity contribution >= 4 is 0 Å². The number of hydrogen-bond donors (Lipinski definition) is 1. The second-order valence-corrected chi connectivity index (χ2v) is 5.02. The molecule has 0 aliphatic carbocycles. The molecule has 1 atom stereocenters. The maximum Gasteiger partial charge on any atom is 0.165 e. The molecule has 0 aliphatic heterocycles. The Bertz CT molecular complexity index is 601. The molecule has 0 amide bonds. The second kappa shape index (κ2) is 7.18. The van der Waals surface area contributed by atoms with Crippen molar-refractivity contribution in [2.24, 2.45) is 5.73 Å². The van der Waals surface area contributed by atoms with Gasteiger partial charge in [-0.3, -0.25) is 0 Å². The maximum atomic E-state index is 13.9. The zero-order chi connectivity index (χ0) is 15.2. The first kappa shape index (κ1) is 15.4. The van der Waals surface area contributed by atoms with Gasteiger partial charge in [-0.05, 0) is 36.6 Å². The second-order valence-electron chi connectivity index (χ2n) is 5.02. The fourth-order valence-corrected chi connectivity index (χ4v) is 2.01. The van der Waals surface area contributed by atoms with Gasteiger partial charge in [0.1, 0.15) is 12.4 Å². The highest BCUT2D eigenvalue weighted by atomic mass is 19.1. The number of halogens is 2. The van der Waals surface area contributed by atoms with Crippen LogP contribution in [0, 0.1) is 11.6 Å². The normalized spacial score (nSPS) is 12.2. The van der Waals surface area contributed by atoms with Crippen molar-refractivity contribution in [2.75, 3.05) is 0 Å². The van der Waals surface area contributed by atoms with E-state index in [4.69, 9.17) is 10.5 Å². The summed E-state index contributed by atoms with van der Waals surface area (Å²) in [4.78, 5) is 0. The molecule has 0 heterocycles. The molecule has 4 heteroatoms. The average molecular weight is 291 g/mol. The molecule has 2 aromatic carbocycles. The Morgan fingerprint density at radius 1 is 1.10 bits per heavy atom. The Kier molecular flexibility index (Phi) is 5.28. The fraction of sp³-hybridized carbons (Fsp3) is 0.294. The van der Waals surface area contributed by atoms with Crippen LogP contribution in [0.5, 0.6) is 5.75 Å². The lowest BCUT2D eigenvalue weighted by Crippen LogP contribution is -2.21. The topological polar surface area (TPSA) is 35.2 Å². The predicted molar refractivity (Wildman–Crippen MR) is 79.1 cm³/mol. The minimum absolute atomic E-state index is 0.00257. The lowest BCUT2D eigenvalue weighted by Gasteiger charge is -2.11. The molecule has 1 unspecified atom stereocenters. The summed E-state index contributed by atoms with van der Waals surface area (Å²) < 4.78 is 32.7. The van der Waals surface area contributed by atoms with E-state index in [1.54, 1.807) is 30.3 Å². The molecule has 0 saturated heterocycles. The molecule has 2 rings (SSSR count). The van der Waals surface area contributed by atoms with Crippen molar-refractivity contribution in [2.45, 2.75) is 32.4 Å². The lowest BCUT2D eigenvalue weighted by molar-refractivity contribution is 0.284. The monoisotopic (exact) mass is 291 g/mol. The van der Waals surface area contributed by atoms with Gasteiger partial charge in [-0.1, -0.05) is 31.2 Å². The number of rotatable bonds is 6. The summed E-state index contributed by atoms with van der Waals surface area (Å²) in [6.07, 6.45) is 1.47. The Labute approximate surface area is 123 Å². The molecule has 0 bridgehead atoms. The van der Waals surface area contributed by atoms with E-state index in [1.807, 2.05) is 6.92 Å². The maximum absolute atomic E-state index is 13.9. The average Bonchev–Trinajstić information content (AvgIpc) is 2.48. The number of ether oxygens (including phenoxy) is 1. The van der Waals surface area contributed by atoms with Crippen LogP contribution < -0.4 is 10.5 Å². The van der Waals surface area contributed by atoms with Crippen LogP contribution in [-0.2, 0) is 13.0 Å². The van der Waals surface area contributed by atoms with E-state index in [0.29, 0.717) is 12.0 Å². The molecule has 0 aromatic heterocycles. The Morgan fingerprint density at radius 2 is 1.86 bits per heavy atom. The standard InChI is InChI=1S/C17H19F2NO/c1-2-14(20)9-12-7-8-17(16(19)10-12)21-11-13-5-3-4-6-15(13)18/h3-8,10,14H,2,9,11,20H2,1H3. The molecular weight excluding hydrogens is 272 g/mol. The van der Waals surface area contributed by atoms with E-state index in [0.717, 1.165) is 12.0 Å². The molecule has 2 aromatic rings. The van der Waals surface area contributed by atoms with Crippen LogP contribution in [0.2, 0.25) is 0 Å². The van der Waals surface area contributed by atoms with Gasteiger partial charge in [0.05, 0.1) is 0 Å². The van der Waals surface area contributed by atoms with E-state index in [2.05, 4.69) is 0 Å². The third-order valence-corrected chi connectivity index (χ3v) is 3.36. The summed E-state index contributed by atoms with van der Waals surface area (Å²) in [6, 6.07) is 11.1. The highest BCUT2D eigenvalue weighted by molar-refractivity contribution is 5.30. The van der Waals surface area contributed by atoms with E-state index < -0.39 is 5.82 Å². The van der Waals surface area contributed by atoms with Crippen molar-refractivity contribution in [1.82, 2.24) is 0 Å². The van der Waals surface area contributed by atoms with Crippen molar-refractivity contribution in [3.63, 3.8) is 0 Å². The fourth-order valence-electron chi connectivity index (χ4n) is 2.01. The zero-order valence-electron chi connectivity index (χ0n) is 12.0. The van der Waals surface area contributed by atoms with Gasteiger partial charge >= 0.3 is 0 Å². The van der Waals surface area contributed by atoms with Gasteiger partial charge in [0.15, 0.2) is 11.6 Å². The van der Waals surface area contributed by atoms with Crippen molar-refractivity contribution in [3.05, 3.63) is 65.2 Å². The number of benzene rings is 2. The summed E-state index contributed by atoms with van der Waals surface area (Å²) in [6.45, 7) is 1.99. The first-order valence-corrected chi connectivity index (χ1v) is 7.00. The van der Waals surface area contributed by atoms with Crippen LogP contribution in [0.25, 0.3) is 0 Å². The van der Waals surface area contributed by atoms with Gasteiger partial charge < -0.3 is 10.5 Å². The lowest BCUT2D eigenvalue weighted by atomic mass is 10.0. The minimum atomic E-state index is -0.452. The summed E-state index contributed by atoms with van der Waals surface area (Å²) in [5, 5.41) is 0. The third kappa shape index (κ3) is 4.26. The Balaban J connectivity index is 2.03. The van der Waals surface area contributed by atoms with Crippen molar-refractivity contribution < 1.29 is 13.5 Å². The van der Waals surface area contributed by atoms with Gasteiger partial charge in [0.25, 0.3) is 0 Å². The number of nitrogens with two attached hydrogens (primary N) is 1. The van der Waals surface area contributed by atoms with E-state index in [-0.39, 0.29) is 24.2 Å². The molecule has 2 nitrogen and oxygen atoms in total. The molecule has 2 N–H and O–H groups in total.